The van der Waals surface area contributed by atoms with E-state index in [9.17, 15) is 9.18 Å². The third-order valence-electron chi connectivity index (χ3n) is 5.29. The Kier molecular flexibility index (Phi) is 3.78. The summed E-state index contributed by atoms with van der Waals surface area (Å²) in [4.78, 5) is 19.1. The van der Waals surface area contributed by atoms with Crippen LogP contribution in [-0.2, 0) is 11.4 Å². The van der Waals surface area contributed by atoms with E-state index in [1.54, 1.807) is 30.2 Å². The largest absolute Gasteiger partial charge is 0.471 e. The number of rotatable bonds is 3. The molecule has 2 aliphatic heterocycles. The first-order valence-corrected chi connectivity index (χ1v) is 9.11. The number of nitrogens with zero attached hydrogens (tertiary/aromatic N) is 3. The summed E-state index contributed by atoms with van der Waals surface area (Å²) in [5.74, 6) is 0.669. The zero-order valence-electron chi connectivity index (χ0n) is 15.2. The van der Waals surface area contributed by atoms with Gasteiger partial charge in [-0.1, -0.05) is 6.07 Å². The Hall–Kier alpha value is -3.42. The second kappa shape index (κ2) is 6.33. The molecule has 28 heavy (non-hydrogen) atoms. The van der Waals surface area contributed by atoms with Gasteiger partial charge in [0, 0.05) is 28.9 Å². The average Bonchev–Trinajstić information content (AvgIpc) is 3.32. The van der Waals surface area contributed by atoms with Crippen LogP contribution in [0.3, 0.4) is 0 Å². The summed E-state index contributed by atoms with van der Waals surface area (Å²) in [6, 6.07) is 8.12. The maximum atomic E-state index is 13.8. The Morgan fingerprint density at radius 1 is 1.29 bits per heavy atom. The third kappa shape index (κ3) is 2.60. The van der Waals surface area contributed by atoms with E-state index >= 15 is 0 Å². The van der Waals surface area contributed by atoms with Crippen LogP contribution in [0.5, 0.6) is 5.88 Å². The highest BCUT2D eigenvalue weighted by molar-refractivity contribution is 6.00. The minimum atomic E-state index is -0.417. The fraction of sp³-hybridized carbons (Fsp3) is 0.250. The van der Waals surface area contributed by atoms with Gasteiger partial charge in [-0.25, -0.2) is 4.39 Å². The number of hydrogen-bond donors (Lipinski definition) is 2. The fourth-order valence-electron chi connectivity index (χ4n) is 3.68. The van der Waals surface area contributed by atoms with Gasteiger partial charge >= 0.3 is 0 Å². The highest BCUT2D eigenvalue weighted by atomic mass is 19.1. The van der Waals surface area contributed by atoms with Gasteiger partial charge < -0.3 is 10.1 Å². The van der Waals surface area contributed by atoms with Gasteiger partial charge in [0.1, 0.15) is 24.3 Å². The molecule has 0 saturated carbocycles. The van der Waals surface area contributed by atoms with E-state index in [-0.39, 0.29) is 11.7 Å². The number of aromatic nitrogens is 3. The van der Waals surface area contributed by atoms with E-state index in [4.69, 9.17) is 4.74 Å². The number of fused-ring (bicyclic) bond motifs is 3. The molecule has 1 saturated heterocycles. The Balaban J connectivity index is 1.38. The molecular formula is C20H18FN5O2. The first-order chi connectivity index (χ1) is 13.6. The van der Waals surface area contributed by atoms with Crippen LogP contribution in [0.4, 0.5) is 15.9 Å². The molecule has 0 aliphatic carbocycles. The lowest BCUT2D eigenvalue weighted by Crippen LogP contribution is -2.34. The van der Waals surface area contributed by atoms with E-state index in [2.05, 4.69) is 20.5 Å². The van der Waals surface area contributed by atoms with Crippen LogP contribution in [-0.4, -0.2) is 33.7 Å². The van der Waals surface area contributed by atoms with Crippen LogP contribution < -0.4 is 15.0 Å². The van der Waals surface area contributed by atoms with Crippen molar-refractivity contribution in [1.29, 1.82) is 0 Å². The predicted octanol–water partition coefficient (Wildman–Crippen LogP) is 3.03. The van der Waals surface area contributed by atoms with Gasteiger partial charge in [-0.2, -0.15) is 10.1 Å². The van der Waals surface area contributed by atoms with Crippen molar-refractivity contribution in [3.63, 3.8) is 0 Å². The minimum Gasteiger partial charge on any atom is -0.471 e. The van der Waals surface area contributed by atoms with Crippen molar-refractivity contribution in [2.75, 3.05) is 16.8 Å². The van der Waals surface area contributed by atoms with Gasteiger partial charge in [0.15, 0.2) is 0 Å². The van der Waals surface area contributed by atoms with Crippen LogP contribution in [0.25, 0.3) is 11.1 Å². The molecule has 142 valence electrons. The summed E-state index contributed by atoms with van der Waals surface area (Å²) in [5, 5.41) is 10.1. The third-order valence-corrected chi connectivity index (χ3v) is 5.29. The number of ether oxygens (including phenoxy) is 1. The van der Waals surface area contributed by atoms with Gasteiger partial charge in [-0.3, -0.25) is 14.8 Å². The van der Waals surface area contributed by atoms with Crippen molar-refractivity contribution in [2.24, 2.45) is 0 Å². The van der Waals surface area contributed by atoms with Gasteiger partial charge in [0.2, 0.25) is 5.88 Å². The molecule has 7 nitrogen and oxygen atoms in total. The van der Waals surface area contributed by atoms with Crippen LogP contribution in [0, 0.1) is 12.7 Å². The summed E-state index contributed by atoms with van der Waals surface area (Å²) < 4.78 is 19.5. The van der Waals surface area contributed by atoms with Crippen molar-refractivity contribution < 1.29 is 13.9 Å². The Morgan fingerprint density at radius 3 is 3.07 bits per heavy atom. The van der Waals surface area contributed by atoms with E-state index < -0.39 is 6.04 Å². The number of amides is 1. The van der Waals surface area contributed by atoms with Gasteiger partial charge in [-0.05, 0) is 37.6 Å². The maximum Gasteiger partial charge on any atom is 0.250 e. The first-order valence-electron chi connectivity index (χ1n) is 9.11. The summed E-state index contributed by atoms with van der Waals surface area (Å²) >= 11 is 0. The normalized spacial score (nSPS) is 17.9. The van der Waals surface area contributed by atoms with Crippen LogP contribution in [0.2, 0.25) is 0 Å². The second-order valence-corrected chi connectivity index (χ2v) is 6.96. The highest BCUT2D eigenvalue weighted by Gasteiger charge is 2.34. The standard InChI is InChI=1S/C20H18FN5O2/c1-11-14(21)3-2-4-15(11)23-16-7-8-26(20(16)27)18-6-5-12-13-9-22-25-17(13)10-28-19(12)24-18/h2-6,9,16,23H,7-8,10H2,1H3,(H,22,25). The topological polar surface area (TPSA) is 83.1 Å². The van der Waals surface area contributed by atoms with E-state index in [1.165, 1.54) is 6.07 Å². The quantitative estimate of drug-likeness (QED) is 0.731. The van der Waals surface area contributed by atoms with E-state index in [0.29, 0.717) is 42.5 Å². The lowest BCUT2D eigenvalue weighted by atomic mass is 10.1. The van der Waals surface area contributed by atoms with Crippen LogP contribution >= 0.6 is 0 Å². The van der Waals surface area contributed by atoms with Crippen molar-refractivity contribution in [3.8, 4) is 17.0 Å². The van der Waals surface area contributed by atoms with E-state index in [1.807, 2.05) is 12.1 Å². The molecule has 4 heterocycles. The number of carbonyl (C=O) groups is 1. The number of pyridine rings is 1. The number of aromatic amines is 1. The molecule has 1 fully saturated rings. The molecule has 0 bridgehead atoms. The molecule has 1 aromatic carbocycles. The van der Waals surface area contributed by atoms with E-state index in [0.717, 1.165) is 16.8 Å². The van der Waals surface area contributed by atoms with Crippen molar-refractivity contribution >= 4 is 17.4 Å². The zero-order valence-corrected chi connectivity index (χ0v) is 15.2. The molecule has 2 aromatic heterocycles. The van der Waals surface area contributed by atoms with Crippen molar-refractivity contribution in [2.45, 2.75) is 26.0 Å². The molecule has 1 atom stereocenters. The summed E-state index contributed by atoms with van der Waals surface area (Å²) in [5.41, 5.74) is 3.87. The number of hydrogen-bond acceptors (Lipinski definition) is 5. The number of nitrogens with one attached hydrogen (secondary N) is 2. The fourth-order valence-corrected chi connectivity index (χ4v) is 3.68. The van der Waals surface area contributed by atoms with Gasteiger partial charge in [0.25, 0.3) is 5.91 Å². The first kappa shape index (κ1) is 16.7. The lowest BCUT2D eigenvalue weighted by molar-refractivity contribution is -0.117. The number of carbonyl (C=O) groups excluding carboxylic acids is 1. The van der Waals surface area contributed by atoms with Crippen LogP contribution in [0.15, 0.2) is 36.5 Å². The SMILES string of the molecule is Cc1c(F)cccc1NC1CCN(c2ccc3c(n2)OCc2[nH]ncc2-3)C1=O. The average molecular weight is 379 g/mol. The van der Waals surface area contributed by atoms with Crippen molar-refractivity contribution in [1.82, 2.24) is 15.2 Å². The van der Waals surface area contributed by atoms with Crippen LogP contribution in [0.1, 0.15) is 17.7 Å². The molecule has 3 aromatic rings. The second-order valence-electron chi connectivity index (χ2n) is 6.96. The minimum absolute atomic E-state index is 0.0871. The van der Waals surface area contributed by atoms with Gasteiger partial charge in [-0.15, -0.1) is 0 Å². The summed E-state index contributed by atoms with van der Waals surface area (Å²) in [6.45, 7) is 2.60. The maximum absolute atomic E-state index is 13.8. The van der Waals surface area contributed by atoms with Crippen molar-refractivity contribution in [3.05, 3.63) is 53.6 Å². The predicted molar refractivity (Wildman–Crippen MR) is 102 cm³/mol. The molecule has 1 amide bonds. The number of benzene rings is 1. The molecule has 2 N–H and O–H groups in total. The Labute approximate surface area is 160 Å². The number of anilines is 2. The number of halogens is 1. The molecule has 2 aliphatic rings. The number of H-pyrrole nitrogens is 1. The van der Waals surface area contributed by atoms with Gasteiger partial charge in [0.05, 0.1) is 11.9 Å². The molecule has 5 rings (SSSR count). The zero-order chi connectivity index (χ0) is 19.3. The molecule has 8 heteroatoms. The Bertz CT molecular complexity index is 1080. The summed E-state index contributed by atoms with van der Waals surface area (Å²) in [6.07, 6.45) is 2.36. The molecule has 1 unspecified atom stereocenters. The molecular weight excluding hydrogens is 361 g/mol. The smallest absolute Gasteiger partial charge is 0.250 e. The molecule has 0 spiro atoms. The summed E-state index contributed by atoms with van der Waals surface area (Å²) in [7, 11) is 0. The molecule has 0 radical (unpaired) electrons. The Morgan fingerprint density at radius 2 is 2.18 bits per heavy atom. The monoisotopic (exact) mass is 379 g/mol. The highest BCUT2D eigenvalue weighted by Crippen LogP contribution is 2.37. The lowest BCUT2D eigenvalue weighted by Gasteiger charge is -2.21.